The van der Waals surface area contributed by atoms with Crippen LogP contribution >= 0.6 is 0 Å². The van der Waals surface area contributed by atoms with Gasteiger partial charge in [-0.25, -0.2) is 15.0 Å². The molecule has 0 amide bonds. The maximum atomic E-state index is 9.99. The van der Waals surface area contributed by atoms with E-state index >= 15 is 0 Å². The van der Waals surface area contributed by atoms with Gasteiger partial charge in [0.15, 0.2) is 0 Å². The zero-order valence-corrected chi connectivity index (χ0v) is 20.0. The Morgan fingerprint density at radius 3 is 2.52 bits per heavy atom. The van der Waals surface area contributed by atoms with Crippen LogP contribution in [-0.2, 0) is 4.74 Å². The normalized spacial score (nSPS) is 31.0. The number of hydrogen-bond donors (Lipinski definition) is 2. The summed E-state index contributed by atoms with van der Waals surface area (Å²) < 4.78 is 11.8. The highest BCUT2D eigenvalue weighted by Crippen LogP contribution is 2.40. The molecule has 2 aromatic rings. The molecule has 0 spiro atoms. The molecule has 0 radical (unpaired) electrons. The minimum Gasteiger partial charge on any atom is -0.474 e. The molecule has 180 valence electrons. The SMILES string of the molecule is COC[C@H](C)Nc1ncc2c(OC3C[C@H]4CC[C@@H](C3)N4C)ncc(C3CCC(O)CC3)c2n1. The number of fused-ring (bicyclic) bond motifs is 3. The van der Waals surface area contributed by atoms with Gasteiger partial charge in [0.1, 0.15) is 6.10 Å². The fourth-order valence-electron chi connectivity index (χ4n) is 5.99. The number of aliphatic hydroxyl groups excluding tert-OH is 1. The zero-order valence-electron chi connectivity index (χ0n) is 20.0. The lowest BCUT2D eigenvalue weighted by molar-refractivity contribution is 0.0643. The maximum absolute atomic E-state index is 9.99. The van der Waals surface area contributed by atoms with Crippen LogP contribution < -0.4 is 10.1 Å². The van der Waals surface area contributed by atoms with E-state index in [-0.39, 0.29) is 18.2 Å². The van der Waals surface area contributed by atoms with E-state index in [2.05, 4.69) is 29.2 Å². The summed E-state index contributed by atoms with van der Waals surface area (Å²) in [5, 5.41) is 14.2. The molecule has 4 heterocycles. The predicted octanol–water partition coefficient (Wildman–Crippen LogP) is 3.49. The number of piperidine rings is 1. The summed E-state index contributed by atoms with van der Waals surface area (Å²) in [5.41, 5.74) is 2.05. The van der Waals surface area contributed by atoms with Crippen molar-refractivity contribution in [2.24, 2.45) is 0 Å². The van der Waals surface area contributed by atoms with E-state index in [4.69, 9.17) is 19.4 Å². The quantitative estimate of drug-likeness (QED) is 0.655. The highest BCUT2D eigenvalue weighted by Gasteiger charge is 2.39. The number of nitrogens with one attached hydrogen (secondary N) is 1. The topological polar surface area (TPSA) is 92.6 Å². The Labute approximate surface area is 196 Å². The summed E-state index contributed by atoms with van der Waals surface area (Å²) in [5.74, 6) is 1.59. The van der Waals surface area contributed by atoms with Crippen molar-refractivity contribution in [1.29, 1.82) is 0 Å². The third-order valence-electron chi connectivity index (χ3n) is 7.88. The van der Waals surface area contributed by atoms with Gasteiger partial charge in [-0.3, -0.25) is 0 Å². The van der Waals surface area contributed by atoms with Crippen LogP contribution in [0.5, 0.6) is 5.88 Å². The first-order valence-electron chi connectivity index (χ1n) is 12.5. The zero-order chi connectivity index (χ0) is 22.9. The molecule has 1 aliphatic carbocycles. The Morgan fingerprint density at radius 2 is 1.82 bits per heavy atom. The number of aliphatic hydroxyl groups is 1. The minimum absolute atomic E-state index is 0.105. The van der Waals surface area contributed by atoms with Crippen molar-refractivity contribution >= 4 is 16.9 Å². The largest absolute Gasteiger partial charge is 0.474 e. The third-order valence-corrected chi connectivity index (χ3v) is 7.88. The molecule has 2 saturated heterocycles. The van der Waals surface area contributed by atoms with E-state index in [1.54, 1.807) is 7.11 Å². The summed E-state index contributed by atoms with van der Waals surface area (Å²) in [4.78, 5) is 16.8. The van der Waals surface area contributed by atoms with Crippen LogP contribution in [0, 0.1) is 0 Å². The van der Waals surface area contributed by atoms with Crippen LogP contribution in [0.2, 0.25) is 0 Å². The number of hydrogen-bond acceptors (Lipinski definition) is 8. The van der Waals surface area contributed by atoms with Crippen molar-refractivity contribution < 1.29 is 14.6 Å². The molecule has 0 aromatic carbocycles. The summed E-state index contributed by atoms with van der Waals surface area (Å²) in [6, 6.07) is 1.33. The standard InChI is InChI=1S/C25H37N5O3/c1-15(14-32-3)28-25-27-13-22-23(29-25)21(16-4-8-19(31)9-5-16)12-26-24(22)33-20-10-17-6-7-18(11-20)30(17)2/h12-13,15-20,31H,4-11,14H2,1-3H3,(H,27,28,29)/t15-,16?,17-,18+,19?,20?/m0/s1. The van der Waals surface area contributed by atoms with Gasteiger partial charge in [0.2, 0.25) is 11.8 Å². The molecule has 2 aromatic heterocycles. The lowest BCUT2D eigenvalue weighted by atomic mass is 9.83. The fourth-order valence-corrected chi connectivity index (χ4v) is 5.99. The second-order valence-electron chi connectivity index (χ2n) is 10.2. The average Bonchev–Trinajstić information content (AvgIpc) is 3.00. The first-order chi connectivity index (χ1) is 16.0. The van der Waals surface area contributed by atoms with Crippen molar-refractivity contribution in [2.75, 3.05) is 26.1 Å². The van der Waals surface area contributed by atoms with E-state index in [0.29, 0.717) is 36.4 Å². The lowest BCUT2D eigenvalue weighted by Crippen LogP contribution is -2.43. The molecule has 1 unspecified atom stereocenters. The molecule has 2 bridgehead atoms. The number of methoxy groups -OCH3 is 1. The summed E-state index contributed by atoms with van der Waals surface area (Å²) in [6.45, 7) is 2.63. The first-order valence-corrected chi connectivity index (χ1v) is 12.5. The van der Waals surface area contributed by atoms with Gasteiger partial charge in [0, 0.05) is 43.2 Å². The number of anilines is 1. The van der Waals surface area contributed by atoms with Crippen molar-refractivity contribution in [3.8, 4) is 5.88 Å². The van der Waals surface area contributed by atoms with Crippen LogP contribution in [0.4, 0.5) is 5.95 Å². The molecular formula is C25H37N5O3. The van der Waals surface area contributed by atoms with Gasteiger partial charge in [-0.05, 0) is 71.3 Å². The highest BCUT2D eigenvalue weighted by molar-refractivity contribution is 5.86. The molecule has 2 N–H and O–H groups in total. The Hall–Kier alpha value is -2.03. The monoisotopic (exact) mass is 455 g/mol. The van der Waals surface area contributed by atoms with E-state index in [1.165, 1.54) is 12.8 Å². The van der Waals surface area contributed by atoms with Gasteiger partial charge in [-0.1, -0.05) is 0 Å². The van der Waals surface area contributed by atoms with Crippen molar-refractivity contribution in [3.63, 3.8) is 0 Å². The van der Waals surface area contributed by atoms with Gasteiger partial charge in [0.25, 0.3) is 0 Å². The number of aromatic nitrogens is 3. The Kier molecular flexibility index (Phi) is 6.67. The molecule has 4 atom stereocenters. The highest BCUT2D eigenvalue weighted by atomic mass is 16.5. The maximum Gasteiger partial charge on any atom is 0.224 e. The van der Waals surface area contributed by atoms with Gasteiger partial charge in [-0.15, -0.1) is 0 Å². The molecule has 3 fully saturated rings. The average molecular weight is 456 g/mol. The van der Waals surface area contributed by atoms with Crippen LogP contribution in [0.3, 0.4) is 0 Å². The van der Waals surface area contributed by atoms with Crippen LogP contribution in [0.25, 0.3) is 10.9 Å². The van der Waals surface area contributed by atoms with Crippen molar-refractivity contribution in [3.05, 3.63) is 18.0 Å². The van der Waals surface area contributed by atoms with E-state index < -0.39 is 0 Å². The van der Waals surface area contributed by atoms with Crippen molar-refractivity contribution in [2.45, 2.75) is 94.5 Å². The number of rotatable bonds is 7. The van der Waals surface area contributed by atoms with Crippen LogP contribution in [0.1, 0.15) is 69.8 Å². The summed E-state index contributed by atoms with van der Waals surface area (Å²) in [7, 11) is 3.94. The molecule has 3 aliphatic rings. The van der Waals surface area contributed by atoms with Crippen LogP contribution in [-0.4, -0.2) is 76.1 Å². The number of pyridine rings is 1. The van der Waals surface area contributed by atoms with E-state index in [1.807, 2.05) is 12.4 Å². The molecule has 5 rings (SSSR count). The first kappa shape index (κ1) is 22.7. The summed E-state index contributed by atoms with van der Waals surface area (Å²) >= 11 is 0. The molecule has 8 heteroatoms. The Bertz CT molecular complexity index is 950. The molecular weight excluding hydrogens is 418 g/mol. The predicted molar refractivity (Wildman–Crippen MR) is 128 cm³/mol. The molecule has 33 heavy (non-hydrogen) atoms. The number of ether oxygens (including phenoxy) is 2. The van der Waals surface area contributed by atoms with Crippen LogP contribution in [0.15, 0.2) is 12.4 Å². The van der Waals surface area contributed by atoms with Gasteiger partial charge < -0.3 is 24.8 Å². The van der Waals surface area contributed by atoms with Gasteiger partial charge >= 0.3 is 0 Å². The van der Waals surface area contributed by atoms with E-state index in [0.717, 1.165) is 55.0 Å². The van der Waals surface area contributed by atoms with Gasteiger partial charge in [-0.2, -0.15) is 0 Å². The molecule has 2 aliphatic heterocycles. The smallest absolute Gasteiger partial charge is 0.224 e. The van der Waals surface area contributed by atoms with E-state index in [9.17, 15) is 5.11 Å². The number of nitrogens with zero attached hydrogens (tertiary/aromatic N) is 4. The molecule has 1 saturated carbocycles. The second kappa shape index (κ2) is 9.68. The summed E-state index contributed by atoms with van der Waals surface area (Å²) in [6.07, 6.45) is 12.0. The second-order valence-corrected chi connectivity index (χ2v) is 10.2. The van der Waals surface area contributed by atoms with Crippen molar-refractivity contribution in [1.82, 2.24) is 19.9 Å². The lowest BCUT2D eigenvalue weighted by Gasteiger charge is -2.36. The van der Waals surface area contributed by atoms with Gasteiger partial charge in [0.05, 0.1) is 23.6 Å². The fraction of sp³-hybridized carbons (Fsp3) is 0.720. The minimum atomic E-state index is -0.190. The Balaban J connectivity index is 1.45. The Morgan fingerprint density at radius 1 is 1.09 bits per heavy atom. The third kappa shape index (κ3) is 4.79. The molecule has 8 nitrogen and oxygen atoms in total.